The fourth-order valence-electron chi connectivity index (χ4n) is 0.344. The number of nitrogen functional groups attached to an aromatic ring is 1. The Hall–Kier alpha value is -1.06. The first-order valence-corrected chi connectivity index (χ1v) is 1.90. The Morgan fingerprint density at radius 3 is 2.71 bits per heavy atom. The van der Waals surface area contributed by atoms with Crippen molar-refractivity contribution in [3.05, 3.63) is 5.89 Å². The second kappa shape index (κ2) is 1.22. The average Bonchev–Trinajstić information content (AvgIpc) is 1.87. The summed E-state index contributed by atoms with van der Waals surface area (Å²) < 4.78 is 4.53. The highest BCUT2D eigenvalue weighted by molar-refractivity contribution is 4.97. The molecular formula is C3H6N3O+. The summed E-state index contributed by atoms with van der Waals surface area (Å²) in [5.41, 5.74) is 5.12. The second-order valence-electron chi connectivity index (χ2n) is 1.25. The van der Waals surface area contributed by atoms with Crippen LogP contribution in [0.3, 0.4) is 0 Å². The van der Waals surface area contributed by atoms with Crippen molar-refractivity contribution in [3.8, 4) is 0 Å². The molecule has 4 nitrogen and oxygen atoms in total. The zero-order chi connectivity index (χ0) is 5.28. The van der Waals surface area contributed by atoms with E-state index in [-0.39, 0.29) is 0 Å². The highest BCUT2D eigenvalue weighted by Gasteiger charge is 1.99. The second-order valence-corrected chi connectivity index (χ2v) is 1.25. The van der Waals surface area contributed by atoms with E-state index in [2.05, 4.69) is 14.7 Å². The molecule has 4 heteroatoms. The monoisotopic (exact) mass is 100 g/mol. The minimum absolute atomic E-state index is 0.317. The highest BCUT2D eigenvalue weighted by atomic mass is 16.5. The van der Waals surface area contributed by atoms with Gasteiger partial charge in [-0.1, -0.05) is 0 Å². The van der Waals surface area contributed by atoms with Crippen LogP contribution in [0.15, 0.2) is 4.52 Å². The van der Waals surface area contributed by atoms with Gasteiger partial charge in [-0.3, -0.25) is 10.3 Å². The van der Waals surface area contributed by atoms with E-state index in [4.69, 9.17) is 5.73 Å². The lowest BCUT2D eigenvalue weighted by Gasteiger charge is -1.60. The number of anilines is 1. The molecule has 1 rings (SSSR count). The predicted octanol–water partition coefficient (Wildman–Crippen LogP) is -0.621. The van der Waals surface area contributed by atoms with Crippen molar-refractivity contribution in [3.63, 3.8) is 0 Å². The van der Waals surface area contributed by atoms with Crippen LogP contribution in [0, 0.1) is 6.92 Å². The van der Waals surface area contributed by atoms with E-state index in [1.54, 1.807) is 6.92 Å². The van der Waals surface area contributed by atoms with Crippen LogP contribution < -0.4 is 10.7 Å². The molecule has 0 atom stereocenters. The molecule has 0 saturated carbocycles. The van der Waals surface area contributed by atoms with Gasteiger partial charge in [0.15, 0.2) is 0 Å². The fraction of sp³-hybridized carbons (Fsp3) is 0.333. The largest absolute Gasteiger partial charge is 0.429 e. The van der Waals surface area contributed by atoms with Crippen LogP contribution in [0.4, 0.5) is 5.95 Å². The van der Waals surface area contributed by atoms with Crippen LogP contribution in [0.25, 0.3) is 0 Å². The Morgan fingerprint density at radius 1 is 1.86 bits per heavy atom. The van der Waals surface area contributed by atoms with Gasteiger partial charge in [0.25, 0.3) is 5.89 Å². The normalized spacial score (nSPS) is 9.29. The van der Waals surface area contributed by atoms with E-state index in [1.807, 2.05) is 0 Å². The molecule has 0 saturated heterocycles. The summed E-state index contributed by atoms with van der Waals surface area (Å²) in [5, 5.41) is 3.36. The maximum Gasteiger partial charge on any atom is 0.429 e. The van der Waals surface area contributed by atoms with Crippen molar-refractivity contribution in [2.24, 2.45) is 0 Å². The molecular weight excluding hydrogens is 94.1 g/mol. The van der Waals surface area contributed by atoms with E-state index in [9.17, 15) is 0 Å². The molecule has 0 fully saturated rings. The van der Waals surface area contributed by atoms with Gasteiger partial charge < -0.3 is 0 Å². The molecule has 0 bridgehead atoms. The van der Waals surface area contributed by atoms with Gasteiger partial charge in [-0.2, -0.15) is 0 Å². The molecule has 0 amide bonds. The number of H-pyrrole nitrogens is 1. The van der Waals surface area contributed by atoms with E-state index in [1.165, 1.54) is 0 Å². The van der Waals surface area contributed by atoms with E-state index in [0.717, 1.165) is 0 Å². The van der Waals surface area contributed by atoms with Crippen molar-refractivity contribution in [1.29, 1.82) is 0 Å². The summed E-state index contributed by atoms with van der Waals surface area (Å²) in [6, 6.07) is 0. The summed E-state index contributed by atoms with van der Waals surface area (Å²) in [7, 11) is 0. The summed E-state index contributed by atoms with van der Waals surface area (Å²) in [5.74, 6) is 0.940. The molecule has 38 valence electrons. The lowest BCUT2D eigenvalue weighted by atomic mass is 10.8. The Labute approximate surface area is 40.3 Å². The Balaban J connectivity index is 3.04. The zero-order valence-electron chi connectivity index (χ0n) is 3.93. The van der Waals surface area contributed by atoms with Gasteiger partial charge in [0.05, 0.1) is 0 Å². The van der Waals surface area contributed by atoms with Crippen LogP contribution in [-0.2, 0) is 0 Å². The number of rotatable bonds is 0. The predicted molar refractivity (Wildman–Crippen MR) is 22.2 cm³/mol. The third-order valence-corrected chi connectivity index (χ3v) is 0.585. The smallest absolute Gasteiger partial charge is 0.285 e. The standard InChI is InChI=1S/C3H5N3O/c1-2-5-3(4)6-7-2/h1H3,(H2,4,6)/p+1. The molecule has 7 heavy (non-hydrogen) atoms. The molecule has 1 aromatic heterocycles. The van der Waals surface area contributed by atoms with Crippen LogP contribution >= 0.6 is 0 Å². The van der Waals surface area contributed by atoms with Gasteiger partial charge in [-0.05, 0) is 0 Å². The maximum absolute atomic E-state index is 5.12. The van der Waals surface area contributed by atoms with Gasteiger partial charge in [0.2, 0.25) is 0 Å². The first-order valence-electron chi connectivity index (χ1n) is 1.90. The molecule has 1 aromatic rings. The SMILES string of the molecule is Cc1[nH+]c(N)no1. The van der Waals surface area contributed by atoms with Crippen LogP contribution in [-0.4, -0.2) is 5.16 Å². The third kappa shape index (κ3) is 0.677. The quantitative estimate of drug-likeness (QED) is 0.472. The zero-order valence-corrected chi connectivity index (χ0v) is 3.93. The molecule has 3 N–H and O–H groups in total. The van der Waals surface area contributed by atoms with Crippen LogP contribution in [0.1, 0.15) is 5.89 Å². The number of hydrogen-bond acceptors (Lipinski definition) is 3. The number of aromatic nitrogens is 2. The molecule has 0 aliphatic heterocycles. The third-order valence-electron chi connectivity index (χ3n) is 0.585. The van der Waals surface area contributed by atoms with Crippen molar-refractivity contribution >= 4 is 5.95 Å². The number of aromatic amines is 1. The van der Waals surface area contributed by atoms with Gasteiger partial charge in [0.1, 0.15) is 5.16 Å². The summed E-state index contributed by atoms with van der Waals surface area (Å²) in [6.45, 7) is 1.74. The van der Waals surface area contributed by atoms with Crippen molar-refractivity contribution in [1.82, 2.24) is 5.16 Å². The van der Waals surface area contributed by atoms with E-state index in [0.29, 0.717) is 11.8 Å². The fourth-order valence-corrected chi connectivity index (χ4v) is 0.344. The molecule has 0 aromatic carbocycles. The average molecular weight is 100 g/mol. The van der Waals surface area contributed by atoms with Gasteiger partial charge >= 0.3 is 5.95 Å². The Morgan fingerprint density at radius 2 is 2.57 bits per heavy atom. The summed E-state index contributed by atoms with van der Waals surface area (Å²) in [4.78, 5) is 2.64. The van der Waals surface area contributed by atoms with Gasteiger partial charge in [-0.15, -0.1) is 0 Å². The summed E-state index contributed by atoms with van der Waals surface area (Å²) >= 11 is 0. The van der Waals surface area contributed by atoms with Gasteiger partial charge in [-0.25, -0.2) is 4.98 Å². The van der Waals surface area contributed by atoms with Gasteiger partial charge in [0, 0.05) is 6.92 Å². The van der Waals surface area contributed by atoms with E-state index >= 15 is 0 Å². The number of hydrogen-bond donors (Lipinski definition) is 1. The molecule has 0 unspecified atom stereocenters. The Bertz CT molecular complexity index is 142. The lowest BCUT2D eigenvalue weighted by Crippen LogP contribution is -2.07. The number of nitrogens with zero attached hydrogens (tertiary/aromatic N) is 1. The number of aryl methyl sites for hydroxylation is 1. The molecule has 0 radical (unpaired) electrons. The molecule has 0 spiro atoms. The lowest BCUT2D eigenvalue weighted by molar-refractivity contribution is -0.378. The van der Waals surface area contributed by atoms with Crippen molar-refractivity contribution < 1.29 is 9.51 Å². The number of nitrogens with one attached hydrogen (secondary N) is 1. The van der Waals surface area contributed by atoms with Crippen molar-refractivity contribution in [2.75, 3.05) is 5.73 Å². The van der Waals surface area contributed by atoms with Crippen LogP contribution in [0.2, 0.25) is 0 Å². The van der Waals surface area contributed by atoms with E-state index < -0.39 is 0 Å². The highest BCUT2D eigenvalue weighted by Crippen LogP contribution is 1.83. The van der Waals surface area contributed by atoms with Crippen LogP contribution in [0.5, 0.6) is 0 Å². The van der Waals surface area contributed by atoms with Crippen molar-refractivity contribution in [2.45, 2.75) is 6.92 Å². The molecule has 0 aliphatic rings. The minimum Gasteiger partial charge on any atom is -0.285 e. The summed E-state index contributed by atoms with van der Waals surface area (Å²) in [6.07, 6.45) is 0. The first kappa shape index (κ1) is 4.11. The molecule has 1 heterocycles. The Kier molecular flexibility index (Phi) is 0.714. The number of nitrogens with two attached hydrogens (primary N) is 1. The maximum atomic E-state index is 5.12. The topological polar surface area (TPSA) is 66.2 Å². The minimum atomic E-state index is 0.317. The molecule has 0 aliphatic carbocycles. The first-order chi connectivity index (χ1) is 3.29.